The average Bonchev–Trinajstić information content (AvgIpc) is 2.07. The van der Waals surface area contributed by atoms with Gasteiger partial charge in [-0.1, -0.05) is 13.0 Å². The summed E-state index contributed by atoms with van der Waals surface area (Å²) in [5, 5.41) is 11.4. The summed E-state index contributed by atoms with van der Waals surface area (Å²) in [4.78, 5) is 0. The van der Waals surface area contributed by atoms with Crippen LogP contribution in [0.5, 0.6) is 0 Å². The fourth-order valence-corrected chi connectivity index (χ4v) is 1.39. The van der Waals surface area contributed by atoms with Gasteiger partial charge in [0.25, 0.3) is 0 Å². The molecule has 0 aromatic carbocycles. The molecular weight excluding hydrogens is 222 g/mol. The molecule has 6 heteroatoms. The SMILES string of the molecule is CC/C=C/C(=C/SC#N)OS(C)(=O)=O. The molecule has 78 valence electrons. The van der Waals surface area contributed by atoms with E-state index < -0.39 is 10.1 Å². The van der Waals surface area contributed by atoms with Gasteiger partial charge in [0.15, 0.2) is 0 Å². The Balaban J connectivity index is 4.58. The first-order valence-electron chi connectivity index (χ1n) is 3.80. The van der Waals surface area contributed by atoms with Crippen molar-refractivity contribution in [2.45, 2.75) is 13.3 Å². The maximum Gasteiger partial charge on any atom is 0.306 e. The van der Waals surface area contributed by atoms with Gasteiger partial charge in [0.1, 0.15) is 11.2 Å². The van der Waals surface area contributed by atoms with Crippen molar-refractivity contribution < 1.29 is 12.6 Å². The monoisotopic (exact) mass is 233 g/mol. The van der Waals surface area contributed by atoms with Gasteiger partial charge in [0, 0.05) is 5.41 Å². The van der Waals surface area contributed by atoms with E-state index in [1.807, 2.05) is 6.92 Å². The molecule has 0 atom stereocenters. The number of hydrogen-bond acceptors (Lipinski definition) is 5. The minimum atomic E-state index is -3.53. The number of thioether (sulfide) groups is 1. The Morgan fingerprint density at radius 2 is 2.29 bits per heavy atom. The molecule has 0 saturated heterocycles. The van der Waals surface area contributed by atoms with Gasteiger partial charge in [0.2, 0.25) is 0 Å². The van der Waals surface area contributed by atoms with Gasteiger partial charge in [0.05, 0.1) is 6.26 Å². The lowest BCUT2D eigenvalue weighted by atomic mass is 10.4. The van der Waals surface area contributed by atoms with Crippen LogP contribution >= 0.6 is 11.8 Å². The highest BCUT2D eigenvalue weighted by molar-refractivity contribution is 8.06. The third kappa shape index (κ3) is 7.71. The fraction of sp³-hybridized carbons (Fsp3) is 0.375. The van der Waals surface area contributed by atoms with Crippen LogP contribution in [0.3, 0.4) is 0 Å². The Bertz CT molecular complexity index is 363. The van der Waals surface area contributed by atoms with E-state index in [9.17, 15) is 8.42 Å². The minimum Gasteiger partial charge on any atom is -0.382 e. The molecule has 0 saturated carbocycles. The summed E-state index contributed by atoms with van der Waals surface area (Å²) in [7, 11) is -3.53. The number of nitrogens with zero attached hydrogens (tertiary/aromatic N) is 1. The summed E-state index contributed by atoms with van der Waals surface area (Å²) in [5.74, 6) is 0.154. The molecule has 0 spiro atoms. The first-order valence-corrected chi connectivity index (χ1v) is 6.50. The van der Waals surface area contributed by atoms with E-state index in [4.69, 9.17) is 5.26 Å². The molecule has 0 aliphatic rings. The van der Waals surface area contributed by atoms with E-state index in [1.54, 1.807) is 11.5 Å². The molecule has 0 aliphatic heterocycles. The van der Waals surface area contributed by atoms with E-state index >= 15 is 0 Å². The van der Waals surface area contributed by atoms with Crippen LogP contribution < -0.4 is 0 Å². The summed E-state index contributed by atoms with van der Waals surface area (Å²) in [5.41, 5.74) is 0. The third-order valence-electron chi connectivity index (χ3n) is 0.993. The second-order valence-electron chi connectivity index (χ2n) is 2.33. The molecule has 0 fully saturated rings. The number of nitriles is 1. The van der Waals surface area contributed by atoms with Gasteiger partial charge in [-0.2, -0.15) is 13.7 Å². The molecule has 14 heavy (non-hydrogen) atoms. The summed E-state index contributed by atoms with van der Waals surface area (Å²) >= 11 is 0.810. The molecule has 0 aromatic rings. The van der Waals surface area contributed by atoms with Crippen molar-refractivity contribution in [3.8, 4) is 5.40 Å². The van der Waals surface area contributed by atoms with Crippen molar-refractivity contribution in [3.05, 3.63) is 23.3 Å². The number of hydrogen-bond donors (Lipinski definition) is 0. The lowest BCUT2D eigenvalue weighted by Crippen LogP contribution is -2.00. The molecule has 0 radical (unpaired) electrons. The zero-order valence-electron chi connectivity index (χ0n) is 7.93. The normalized spacial score (nSPS) is 12.8. The van der Waals surface area contributed by atoms with E-state index in [1.165, 1.54) is 11.5 Å². The van der Waals surface area contributed by atoms with Crippen molar-refractivity contribution in [2.75, 3.05) is 6.26 Å². The Morgan fingerprint density at radius 1 is 1.64 bits per heavy atom. The van der Waals surface area contributed by atoms with Crippen LogP contribution in [0.15, 0.2) is 23.3 Å². The smallest absolute Gasteiger partial charge is 0.306 e. The summed E-state index contributed by atoms with van der Waals surface area (Å²) in [6.45, 7) is 1.91. The number of rotatable bonds is 5. The molecule has 0 heterocycles. The van der Waals surface area contributed by atoms with Crippen molar-refractivity contribution in [3.63, 3.8) is 0 Å². The van der Waals surface area contributed by atoms with E-state index in [0.717, 1.165) is 24.4 Å². The zero-order valence-corrected chi connectivity index (χ0v) is 9.56. The van der Waals surface area contributed by atoms with Crippen molar-refractivity contribution in [1.82, 2.24) is 0 Å². The predicted molar refractivity (Wildman–Crippen MR) is 56.6 cm³/mol. The summed E-state index contributed by atoms with van der Waals surface area (Å²) in [6.07, 6.45) is 4.99. The van der Waals surface area contributed by atoms with Crippen LogP contribution in [0, 0.1) is 10.7 Å². The lowest BCUT2D eigenvalue weighted by molar-refractivity contribution is 0.426. The molecule has 0 aliphatic carbocycles. The Kier molecular flexibility index (Phi) is 6.08. The van der Waals surface area contributed by atoms with E-state index in [2.05, 4.69) is 4.18 Å². The van der Waals surface area contributed by atoms with Gasteiger partial charge in [-0.25, -0.2) is 0 Å². The Hall–Kier alpha value is -0.930. The van der Waals surface area contributed by atoms with Crippen LogP contribution in [0.4, 0.5) is 0 Å². The second kappa shape index (κ2) is 6.51. The second-order valence-corrected chi connectivity index (χ2v) is 4.56. The molecule has 0 bridgehead atoms. The molecular formula is C8H11NO3S2. The molecule has 0 amide bonds. The standard InChI is InChI=1S/C8H11NO3S2/c1-3-4-5-8(6-13-7-9)12-14(2,10)11/h4-6H,3H2,1-2H3/b5-4+,8-6-. The largest absolute Gasteiger partial charge is 0.382 e. The van der Waals surface area contributed by atoms with Crippen molar-refractivity contribution in [2.24, 2.45) is 0 Å². The molecule has 0 rings (SSSR count). The lowest BCUT2D eigenvalue weighted by Gasteiger charge is -2.01. The highest BCUT2D eigenvalue weighted by atomic mass is 32.2. The van der Waals surface area contributed by atoms with Gasteiger partial charge in [-0.15, -0.1) is 0 Å². The molecule has 0 N–H and O–H groups in total. The fourth-order valence-electron chi connectivity index (χ4n) is 0.580. The summed E-state index contributed by atoms with van der Waals surface area (Å²) in [6, 6.07) is 0. The van der Waals surface area contributed by atoms with Crippen LogP contribution in [0.2, 0.25) is 0 Å². The molecule has 0 unspecified atom stereocenters. The molecule has 4 nitrogen and oxygen atoms in total. The predicted octanol–water partition coefficient (Wildman–Crippen LogP) is 1.98. The van der Waals surface area contributed by atoms with E-state index in [-0.39, 0.29) is 5.76 Å². The zero-order chi connectivity index (χ0) is 11.0. The number of allylic oxidation sites excluding steroid dienone is 2. The first-order chi connectivity index (χ1) is 6.49. The van der Waals surface area contributed by atoms with Crippen molar-refractivity contribution >= 4 is 21.9 Å². The Labute approximate surface area is 88.4 Å². The van der Waals surface area contributed by atoms with Gasteiger partial charge in [-0.05, 0) is 24.3 Å². The highest BCUT2D eigenvalue weighted by Gasteiger charge is 2.03. The summed E-state index contributed by atoms with van der Waals surface area (Å²) < 4.78 is 26.2. The number of thiocyanates is 1. The van der Waals surface area contributed by atoms with Crippen molar-refractivity contribution in [1.29, 1.82) is 5.26 Å². The minimum absolute atomic E-state index is 0.154. The Morgan fingerprint density at radius 3 is 2.71 bits per heavy atom. The first kappa shape index (κ1) is 13.1. The average molecular weight is 233 g/mol. The van der Waals surface area contributed by atoms with Crippen LogP contribution in [-0.4, -0.2) is 14.7 Å². The highest BCUT2D eigenvalue weighted by Crippen LogP contribution is 2.11. The van der Waals surface area contributed by atoms with Gasteiger partial charge >= 0.3 is 10.1 Å². The third-order valence-corrected chi connectivity index (χ3v) is 1.94. The van der Waals surface area contributed by atoms with Gasteiger partial charge < -0.3 is 4.18 Å². The van der Waals surface area contributed by atoms with Crippen LogP contribution in [0.1, 0.15) is 13.3 Å². The van der Waals surface area contributed by atoms with E-state index in [0.29, 0.717) is 0 Å². The maximum absolute atomic E-state index is 10.8. The van der Waals surface area contributed by atoms with Gasteiger partial charge in [-0.3, -0.25) is 0 Å². The van der Waals surface area contributed by atoms with Crippen LogP contribution in [0.25, 0.3) is 0 Å². The molecule has 0 aromatic heterocycles. The topological polar surface area (TPSA) is 67.2 Å². The van der Waals surface area contributed by atoms with Crippen LogP contribution in [-0.2, 0) is 14.3 Å². The quantitative estimate of drug-likeness (QED) is 0.314. The maximum atomic E-state index is 10.8.